The van der Waals surface area contributed by atoms with Crippen LogP contribution in [-0.4, -0.2) is 13.1 Å². The maximum Gasteiger partial charge on any atom is 0.340 e. The van der Waals surface area contributed by atoms with E-state index < -0.39 is 5.97 Å². The quantitative estimate of drug-likeness (QED) is 0.665. The van der Waals surface area contributed by atoms with Crippen LogP contribution in [0.3, 0.4) is 0 Å². The molecule has 0 unspecified atom stereocenters. The van der Waals surface area contributed by atoms with Gasteiger partial charge < -0.3 is 15.8 Å². The Kier molecular flexibility index (Phi) is 4.06. The number of para-hydroxylation sites is 1. The number of thiophene rings is 1. The number of nitrogen functional groups attached to an aromatic ring is 1. The fourth-order valence-electron chi connectivity index (χ4n) is 1.77. The van der Waals surface area contributed by atoms with Gasteiger partial charge in [0.25, 0.3) is 0 Å². The summed E-state index contributed by atoms with van der Waals surface area (Å²) < 4.78 is 4.69. The Hall–Kier alpha value is -2.01. The number of esters is 1. The van der Waals surface area contributed by atoms with E-state index in [9.17, 15) is 4.79 Å². The van der Waals surface area contributed by atoms with E-state index in [1.54, 1.807) is 23.5 Å². The molecule has 0 bridgehead atoms. The second-order valence-corrected chi connectivity index (χ2v) is 5.50. The van der Waals surface area contributed by atoms with E-state index in [4.69, 9.17) is 10.5 Å². The van der Waals surface area contributed by atoms with Gasteiger partial charge in [0.05, 0.1) is 24.0 Å². The van der Waals surface area contributed by atoms with Crippen molar-refractivity contribution in [2.45, 2.75) is 13.5 Å². The van der Waals surface area contributed by atoms with Crippen molar-refractivity contribution in [3.05, 3.63) is 45.6 Å². The molecule has 100 valence electrons. The van der Waals surface area contributed by atoms with Gasteiger partial charge in [-0.3, -0.25) is 0 Å². The minimum Gasteiger partial charge on any atom is -0.465 e. The number of hydrogen-bond donors (Lipinski definition) is 2. The van der Waals surface area contributed by atoms with Gasteiger partial charge in [0, 0.05) is 16.3 Å². The lowest BCUT2D eigenvalue weighted by Gasteiger charge is -2.11. The number of benzene rings is 1. The zero-order valence-electron chi connectivity index (χ0n) is 10.9. The van der Waals surface area contributed by atoms with E-state index in [0.29, 0.717) is 17.8 Å². The minimum absolute atomic E-state index is 0.384. The number of ether oxygens (including phenoxy) is 1. The molecule has 1 aromatic heterocycles. The van der Waals surface area contributed by atoms with E-state index in [2.05, 4.69) is 24.4 Å². The van der Waals surface area contributed by atoms with Crippen molar-refractivity contribution in [1.82, 2.24) is 0 Å². The number of hydrogen-bond acceptors (Lipinski definition) is 5. The average molecular weight is 276 g/mol. The Morgan fingerprint density at radius 1 is 1.37 bits per heavy atom. The van der Waals surface area contributed by atoms with Crippen LogP contribution in [0.5, 0.6) is 0 Å². The molecule has 0 spiro atoms. The molecule has 1 heterocycles. The van der Waals surface area contributed by atoms with Gasteiger partial charge in [-0.2, -0.15) is 0 Å². The van der Waals surface area contributed by atoms with Crippen LogP contribution in [0.15, 0.2) is 30.3 Å². The summed E-state index contributed by atoms with van der Waals surface area (Å²) in [6, 6.07) is 9.44. The maximum absolute atomic E-state index is 11.5. The van der Waals surface area contributed by atoms with Gasteiger partial charge in [-0.1, -0.05) is 6.07 Å². The average Bonchev–Trinajstić information content (AvgIpc) is 2.82. The highest BCUT2D eigenvalue weighted by Crippen LogP contribution is 2.25. The lowest BCUT2D eigenvalue weighted by Crippen LogP contribution is -2.08. The van der Waals surface area contributed by atoms with Gasteiger partial charge >= 0.3 is 5.97 Å². The number of nitrogens with two attached hydrogens (primary N) is 1. The number of carbonyl (C=O) groups excluding carboxylic acids is 1. The fraction of sp³-hybridized carbons (Fsp3) is 0.214. The van der Waals surface area contributed by atoms with Crippen LogP contribution in [0.1, 0.15) is 20.1 Å². The van der Waals surface area contributed by atoms with Crippen molar-refractivity contribution in [2.24, 2.45) is 0 Å². The highest BCUT2D eigenvalue weighted by Gasteiger charge is 2.12. The Bertz CT molecular complexity index is 593. The first-order chi connectivity index (χ1) is 9.11. The first-order valence-corrected chi connectivity index (χ1v) is 6.69. The maximum atomic E-state index is 11.5. The van der Waals surface area contributed by atoms with Crippen LogP contribution in [0.4, 0.5) is 11.4 Å². The molecule has 5 heteroatoms. The van der Waals surface area contributed by atoms with Gasteiger partial charge in [0.15, 0.2) is 0 Å². The SMILES string of the molecule is COC(=O)c1cccc(NCc2ccc(C)s2)c1N. The standard InChI is InChI=1S/C14H16N2O2S/c1-9-6-7-10(19-9)8-16-12-5-3-4-11(13(12)15)14(17)18-2/h3-7,16H,8,15H2,1-2H3. The molecule has 0 fully saturated rings. The van der Waals surface area contributed by atoms with E-state index in [1.807, 2.05) is 6.07 Å². The third kappa shape index (κ3) is 3.06. The normalized spacial score (nSPS) is 10.2. The molecule has 0 saturated carbocycles. The molecule has 0 atom stereocenters. The number of nitrogens with one attached hydrogen (secondary N) is 1. The summed E-state index contributed by atoms with van der Waals surface area (Å²) in [6.07, 6.45) is 0. The lowest BCUT2D eigenvalue weighted by molar-refractivity contribution is 0.0602. The van der Waals surface area contributed by atoms with E-state index in [-0.39, 0.29) is 0 Å². The predicted molar refractivity (Wildman–Crippen MR) is 78.6 cm³/mol. The summed E-state index contributed by atoms with van der Waals surface area (Å²) >= 11 is 1.73. The molecule has 2 rings (SSSR count). The third-order valence-electron chi connectivity index (χ3n) is 2.76. The van der Waals surface area contributed by atoms with Crippen molar-refractivity contribution in [3.63, 3.8) is 0 Å². The zero-order chi connectivity index (χ0) is 13.8. The molecule has 4 nitrogen and oxygen atoms in total. The Balaban J connectivity index is 2.14. The monoisotopic (exact) mass is 276 g/mol. The smallest absolute Gasteiger partial charge is 0.340 e. The highest BCUT2D eigenvalue weighted by molar-refractivity contribution is 7.11. The van der Waals surface area contributed by atoms with Crippen molar-refractivity contribution in [1.29, 1.82) is 0 Å². The molecule has 0 aliphatic heterocycles. The molecular formula is C14H16N2O2S. The summed E-state index contributed by atoms with van der Waals surface area (Å²) in [6.45, 7) is 2.76. The minimum atomic E-state index is -0.423. The van der Waals surface area contributed by atoms with Crippen LogP contribution in [0.2, 0.25) is 0 Å². The van der Waals surface area contributed by atoms with Crippen LogP contribution < -0.4 is 11.1 Å². The van der Waals surface area contributed by atoms with E-state index in [1.165, 1.54) is 16.9 Å². The zero-order valence-corrected chi connectivity index (χ0v) is 11.7. The van der Waals surface area contributed by atoms with Crippen LogP contribution >= 0.6 is 11.3 Å². The third-order valence-corrected chi connectivity index (χ3v) is 3.76. The van der Waals surface area contributed by atoms with Gasteiger partial charge in [-0.05, 0) is 31.2 Å². The summed E-state index contributed by atoms with van der Waals surface area (Å²) in [5.41, 5.74) is 7.52. The molecule has 0 saturated heterocycles. The second-order valence-electron chi connectivity index (χ2n) is 4.12. The first kappa shape index (κ1) is 13.4. The van der Waals surface area contributed by atoms with Gasteiger partial charge in [0.1, 0.15) is 0 Å². The molecule has 3 N–H and O–H groups in total. The van der Waals surface area contributed by atoms with Gasteiger partial charge in [0.2, 0.25) is 0 Å². The molecule has 19 heavy (non-hydrogen) atoms. The largest absolute Gasteiger partial charge is 0.465 e. The molecular weight excluding hydrogens is 260 g/mol. The second kappa shape index (κ2) is 5.75. The van der Waals surface area contributed by atoms with E-state index in [0.717, 1.165) is 5.69 Å². The van der Waals surface area contributed by atoms with Crippen molar-refractivity contribution < 1.29 is 9.53 Å². The first-order valence-electron chi connectivity index (χ1n) is 5.88. The molecule has 0 aliphatic carbocycles. The number of methoxy groups -OCH3 is 1. The van der Waals surface area contributed by atoms with Crippen molar-refractivity contribution >= 4 is 28.7 Å². The van der Waals surface area contributed by atoms with Crippen molar-refractivity contribution in [2.75, 3.05) is 18.2 Å². The van der Waals surface area contributed by atoms with Crippen LogP contribution in [0.25, 0.3) is 0 Å². The number of aryl methyl sites for hydroxylation is 1. The molecule has 0 radical (unpaired) electrons. The van der Waals surface area contributed by atoms with Gasteiger partial charge in [-0.15, -0.1) is 11.3 Å². The summed E-state index contributed by atoms with van der Waals surface area (Å²) in [5.74, 6) is -0.423. The molecule has 1 aromatic carbocycles. The van der Waals surface area contributed by atoms with Crippen LogP contribution in [0, 0.1) is 6.92 Å². The summed E-state index contributed by atoms with van der Waals surface area (Å²) in [4.78, 5) is 14.0. The fourth-order valence-corrected chi connectivity index (χ4v) is 2.60. The molecule has 0 aliphatic rings. The predicted octanol–water partition coefficient (Wildman–Crippen LogP) is 3.04. The highest BCUT2D eigenvalue weighted by atomic mass is 32.1. The Morgan fingerprint density at radius 2 is 2.16 bits per heavy atom. The van der Waals surface area contributed by atoms with Crippen molar-refractivity contribution in [3.8, 4) is 0 Å². The number of carbonyl (C=O) groups is 1. The summed E-state index contributed by atoms with van der Waals surface area (Å²) in [7, 11) is 1.34. The van der Waals surface area contributed by atoms with Crippen LogP contribution in [-0.2, 0) is 11.3 Å². The topological polar surface area (TPSA) is 64.3 Å². The lowest BCUT2D eigenvalue weighted by atomic mass is 10.1. The van der Waals surface area contributed by atoms with Gasteiger partial charge in [-0.25, -0.2) is 4.79 Å². The number of anilines is 2. The Morgan fingerprint density at radius 3 is 2.79 bits per heavy atom. The molecule has 0 amide bonds. The number of rotatable bonds is 4. The Labute approximate surface area is 116 Å². The summed E-state index contributed by atoms with van der Waals surface area (Å²) in [5, 5.41) is 3.24. The molecule has 2 aromatic rings. The van der Waals surface area contributed by atoms with E-state index >= 15 is 0 Å².